The van der Waals surface area contributed by atoms with E-state index in [0.717, 1.165) is 0 Å². The van der Waals surface area contributed by atoms with Gasteiger partial charge in [0, 0.05) is 32.7 Å². The summed E-state index contributed by atoms with van der Waals surface area (Å²) in [6, 6.07) is -0.585. The highest BCUT2D eigenvalue weighted by molar-refractivity contribution is 5.73. The molecule has 418 valence electrons. The van der Waals surface area contributed by atoms with Gasteiger partial charge in [-0.2, -0.15) is 0 Å². The summed E-state index contributed by atoms with van der Waals surface area (Å²) in [4.78, 5) is 23.9. The molecule has 0 aromatic carbocycles. The molecule has 8 atom stereocenters. The van der Waals surface area contributed by atoms with Gasteiger partial charge in [0.25, 0.3) is 0 Å². The van der Waals surface area contributed by atoms with Crippen LogP contribution in [0.3, 0.4) is 0 Å². The fourth-order valence-corrected chi connectivity index (χ4v) is 5.44. The molecule has 0 aliphatic rings. The number of carbonyl (C=O) groups is 2. The number of carboxylic acid groups (broad SMARTS) is 1. The third-order valence-corrected chi connectivity index (χ3v) is 9.34. The van der Waals surface area contributed by atoms with Crippen LogP contribution in [0.25, 0.3) is 0 Å². The summed E-state index contributed by atoms with van der Waals surface area (Å²) in [5, 5.41) is 112. The fourth-order valence-electron chi connectivity index (χ4n) is 5.44. The van der Waals surface area contributed by atoms with Crippen molar-refractivity contribution in [1.29, 1.82) is 0 Å². The number of hydrogen-bond donors (Lipinski definition) is 13. The smallest absolute Gasteiger partial charge is 0.314 e. The third-order valence-electron chi connectivity index (χ3n) is 9.34. The van der Waals surface area contributed by atoms with Crippen LogP contribution in [0.5, 0.6) is 0 Å². The van der Waals surface area contributed by atoms with Crippen LogP contribution in [-0.2, 0) is 61.6 Å². The van der Waals surface area contributed by atoms with Crippen LogP contribution in [0.4, 0.5) is 4.79 Å². The van der Waals surface area contributed by atoms with Gasteiger partial charge >= 0.3 is 12.0 Å². The van der Waals surface area contributed by atoms with Gasteiger partial charge in [-0.3, -0.25) is 9.69 Å². The first-order valence-corrected chi connectivity index (χ1v) is 23.4. The summed E-state index contributed by atoms with van der Waals surface area (Å²) >= 11 is 0. The Balaban J connectivity index is 3.67. The second kappa shape index (κ2) is 49.1. The van der Waals surface area contributed by atoms with Gasteiger partial charge in [-0.1, -0.05) is 0 Å². The molecular formula is C42H85N3O25. The minimum atomic E-state index is -1.93. The van der Waals surface area contributed by atoms with E-state index in [9.17, 15) is 50.4 Å². The Bertz CT molecular complexity index is 1130. The van der Waals surface area contributed by atoms with Crippen LogP contribution in [0.2, 0.25) is 0 Å². The number of urea groups is 1. The van der Waals surface area contributed by atoms with Crippen molar-refractivity contribution in [2.75, 3.05) is 205 Å². The van der Waals surface area contributed by atoms with Crippen molar-refractivity contribution in [3.8, 4) is 0 Å². The van der Waals surface area contributed by atoms with Gasteiger partial charge in [0.05, 0.1) is 190 Å². The number of rotatable bonds is 54. The molecule has 70 heavy (non-hydrogen) atoms. The van der Waals surface area contributed by atoms with Crippen molar-refractivity contribution in [2.45, 2.75) is 55.3 Å². The maximum atomic E-state index is 12.3. The lowest BCUT2D eigenvalue weighted by molar-refractivity contribution is -0.138. The number of aliphatic hydroxyl groups excluding tert-OH is 10. The van der Waals surface area contributed by atoms with Crippen molar-refractivity contribution in [2.24, 2.45) is 0 Å². The molecule has 0 saturated heterocycles. The van der Waals surface area contributed by atoms with Crippen molar-refractivity contribution < 1.29 is 123 Å². The molecule has 0 radical (unpaired) electrons. The Morgan fingerprint density at radius 1 is 0.357 bits per heavy atom. The van der Waals surface area contributed by atoms with Crippen LogP contribution < -0.4 is 10.6 Å². The summed E-state index contributed by atoms with van der Waals surface area (Å²) in [6.45, 7) is 6.44. The molecule has 0 heterocycles. The number of nitrogens with one attached hydrogen (secondary N) is 2. The van der Waals surface area contributed by atoms with E-state index >= 15 is 0 Å². The zero-order valence-electron chi connectivity index (χ0n) is 40.3. The highest BCUT2D eigenvalue weighted by Gasteiger charge is 2.34. The molecule has 0 spiro atoms. The Kier molecular flexibility index (Phi) is 47.5. The highest BCUT2D eigenvalue weighted by atomic mass is 16.6. The molecule has 2 amide bonds. The quantitative estimate of drug-likeness (QED) is 0.0252. The number of aliphatic carboxylic acids is 1. The second-order valence-corrected chi connectivity index (χ2v) is 15.0. The van der Waals surface area contributed by atoms with E-state index < -0.39 is 87.1 Å². The molecule has 0 bridgehead atoms. The number of carbonyl (C=O) groups excluding carboxylic acids is 1. The van der Waals surface area contributed by atoms with Crippen LogP contribution in [0.15, 0.2) is 0 Å². The maximum Gasteiger partial charge on any atom is 0.314 e. The molecule has 28 heteroatoms. The molecule has 0 saturated carbocycles. The molecule has 0 rings (SSSR count). The van der Waals surface area contributed by atoms with E-state index in [4.69, 9.17) is 72.2 Å². The highest BCUT2D eigenvalue weighted by Crippen LogP contribution is 2.11. The van der Waals surface area contributed by atoms with Gasteiger partial charge < -0.3 is 124 Å². The largest absolute Gasteiger partial charge is 0.481 e. The molecular weight excluding hydrogens is 946 g/mol. The summed E-state index contributed by atoms with van der Waals surface area (Å²) < 4.78 is 64.9. The van der Waals surface area contributed by atoms with Crippen LogP contribution in [-0.4, -0.2) is 326 Å². The minimum Gasteiger partial charge on any atom is -0.481 e. The Labute approximate surface area is 409 Å². The van der Waals surface area contributed by atoms with E-state index in [1.54, 1.807) is 0 Å². The third kappa shape index (κ3) is 41.3. The topological polar surface area (TPSA) is 395 Å². The van der Waals surface area contributed by atoms with Crippen molar-refractivity contribution >= 4 is 12.0 Å². The molecule has 0 aliphatic heterocycles. The zero-order valence-corrected chi connectivity index (χ0v) is 40.3. The number of ether oxygens (including phenoxy) is 12. The SMILES string of the molecule is O=C(O)CCOCCOCCOCCOCCOCCOCCOCCOCCOCCOCCOCCOCCNC(=O)NCCN(C[C@H](O)[C@@H](O)[C@H](O)[C@H](O)CO)C[C@H](O)[C@@H](O)[C@H](O)[C@H](O)CO. The monoisotopic (exact) mass is 1030 g/mol. The van der Waals surface area contributed by atoms with Gasteiger partial charge in [-0.15, -0.1) is 0 Å². The zero-order chi connectivity index (χ0) is 51.9. The first-order chi connectivity index (χ1) is 33.8. The Morgan fingerprint density at radius 2 is 0.600 bits per heavy atom. The van der Waals surface area contributed by atoms with Gasteiger partial charge in [0.1, 0.15) is 36.6 Å². The molecule has 0 fully saturated rings. The summed E-state index contributed by atoms with van der Waals surface area (Å²) in [5.41, 5.74) is 0. The van der Waals surface area contributed by atoms with E-state index in [1.807, 2.05) is 0 Å². The molecule has 0 aliphatic carbocycles. The number of amides is 2. The fraction of sp³-hybridized carbons (Fsp3) is 0.952. The van der Waals surface area contributed by atoms with Gasteiger partial charge in [0.2, 0.25) is 0 Å². The molecule has 0 unspecified atom stereocenters. The molecule has 0 aromatic rings. The predicted octanol–water partition coefficient (Wildman–Crippen LogP) is -6.87. The Hall–Kier alpha value is -2.18. The first-order valence-electron chi connectivity index (χ1n) is 23.4. The van der Waals surface area contributed by atoms with Crippen molar-refractivity contribution in [3.05, 3.63) is 0 Å². The standard InChI is InChI=1S/C42H85N3O25/c46-31-35(50)40(56)38(54)33(48)29-45(30-34(49)39(55)41(57)36(51)32-47)4-2-43-42(58)44-3-6-60-8-10-62-12-14-64-16-18-66-20-22-68-24-26-70-28-27-69-25-23-67-21-19-65-17-15-63-13-11-61-9-7-59-5-1-37(52)53/h33-36,38-41,46-51,54-57H,1-32H2,(H,52,53)(H2,43,44,58)/t33-,34-,35+,36+,38+,39+,40+,41+/m0/s1. The second-order valence-electron chi connectivity index (χ2n) is 15.0. The van der Waals surface area contributed by atoms with Crippen LogP contribution in [0.1, 0.15) is 6.42 Å². The van der Waals surface area contributed by atoms with E-state index in [2.05, 4.69) is 10.6 Å². The average Bonchev–Trinajstić information content (AvgIpc) is 3.35. The van der Waals surface area contributed by atoms with Crippen molar-refractivity contribution in [1.82, 2.24) is 15.5 Å². The number of hydrogen-bond acceptors (Lipinski definition) is 25. The lowest BCUT2D eigenvalue weighted by Crippen LogP contribution is -2.54. The maximum absolute atomic E-state index is 12.3. The number of carboxylic acids is 1. The van der Waals surface area contributed by atoms with E-state index in [1.165, 1.54) is 4.90 Å². The average molecular weight is 1030 g/mol. The minimum absolute atomic E-state index is 0.0236. The lowest BCUT2D eigenvalue weighted by Gasteiger charge is -2.33. The summed E-state index contributed by atoms with van der Waals surface area (Å²) in [5.74, 6) is -0.893. The van der Waals surface area contributed by atoms with Gasteiger partial charge in [-0.25, -0.2) is 4.79 Å². The normalized spacial score (nSPS) is 15.4. The summed E-state index contributed by atoms with van der Waals surface area (Å²) in [7, 11) is 0. The number of nitrogens with zero attached hydrogens (tertiary/aromatic N) is 1. The van der Waals surface area contributed by atoms with Gasteiger partial charge in [-0.05, 0) is 0 Å². The van der Waals surface area contributed by atoms with Gasteiger partial charge in [0.15, 0.2) is 0 Å². The molecule has 0 aromatic heterocycles. The van der Waals surface area contributed by atoms with Crippen LogP contribution in [0, 0.1) is 0 Å². The number of aliphatic hydroxyl groups is 10. The molecule has 28 nitrogen and oxygen atoms in total. The van der Waals surface area contributed by atoms with Crippen molar-refractivity contribution in [3.63, 3.8) is 0 Å². The Morgan fingerprint density at radius 3 is 0.871 bits per heavy atom. The first kappa shape index (κ1) is 67.8. The summed E-state index contributed by atoms with van der Waals surface area (Å²) in [6.07, 6.45) is -14.7. The predicted molar refractivity (Wildman–Crippen MR) is 242 cm³/mol. The van der Waals surface area contributed by atoms with E-state index in [0.29, 0.717) is 139 Å². The lowest BCUT2D eigenvalue weighted by atomic mass is 10.0. The van der Waals surface area contributed by atoms with Crippen LogP contribution >= 0.6 is 0 Å². The van der Waals surface area contributed by atoms with E-state index in [-0.39, 0.29) is 45.9 Å². The molecule has 13 N–H and O–H groups in total.